The van der Waals surface area contributed by atoms with Gasteiger partial charge in [-0.1, -0.05) is 42.0 Å². The van der Waals surface area contributed by atoms with Crippen molar-refractivity contribution in [3.05, 3.63) is 94.5 Å². The molecule has 0 aliphatic carbocycles. The normalized spacial score (nSPS) is 12.6. The van der Waals surface area contributed by atoms with Gasteiger partial charge < -0.3 is 20.9 Å². The molecule has 0 radical (unpaired) electrons. The molecule has 4 amide bonds. The standard InChI is InChI=1S/C27H28N4O3/c1-18-6-8-19(9-7-18)16-28-26(33)22-5-3-4-20(14-22)17-29-27(34)30-23-11-12-24-21(15-23)10-13-25(32)31(24)2/h3-9,11-12,14-15H,10,13,16-17H2,1-2H3,(H,28,33)(H2,29,30,34). The number of hydrogen-bond acceptors (Lipinski definition) is 3. The van der Waals surface area contributed by atoms with Crippen LogP contribution in [0.15, 0.2) is 66.7 Å². The molecular weight excluding hydrogens is 428 g/mol. The lowest BCUT2D eigenvalue weighted by Crippen LogP contribution is -2.31. The maximum absolute atomic E-state index is 12.5. The minimum absolute atomic E-state index is 0.0945. The predicted octanol–water partition coefficient (Wildman–Crippen LogP) is 4.16. The van der Waals surface area contributed by atoms with Gasteiger partial charge in [0.15, 0.2) is 0 Å². The number of anilines is 2. The summed E-state index contributed by atoms with van der Waals surface area (Å²) in [6.07, 6.45) is 1.13. The third-order valence-electron chi connectivity index (χ3n) is 5.90. The lowest BCUT2D eigenvalue weighted by Gasteiger charge is -2.26. The smallest absolute Gasteiger partial charge is 0.319 e. The summed E-state index contributed by atoms with van der Waals surface area (Å²) < 4.78 is 0. The van der Waals surface area contributed by atoms with Crippen molar-refractivity contribution in [2.24, 2.45) is 0 Å². The van der Waals surface area contributed by atoms with Crippen LogP contribution in [0.25, 0.3) is 0 Å². The molecule has 3 aromatic carbocycles. The molecule has 0 saturated heterocycles. The molecule has 1 aliphatic heterocycles. The molecule has 0 saturated carbocycles. The zero-order chi connectivity index (χ0) is 24.1. The van der Waals surface area contributed by atoms with E-state index in [-0.39, 0.29) is 24.4 Å². The number of hydrogen-bond donors (Lipinski definition) is 3. The molecule has 34 heavy (non-hydrogen) atoms. The van der Waals surface area contributed by atoms with Crippen molar-refractivity contribution in [2.45, 2.75) is 32.9 Å². The van der Waals surface area contributed by atoms with Crippen LogP contribution in [0, 0.1) is 6.92 Å². The minimum Gasteiger partial charge on any atom is -0.348 e. The van der Waals surface area contributed by atoms with Crippen molar-refractivity contribution < 1.29 is 14.4 Å². The number of fused-ring (bicyclic) bond motifs is 1. The number of rotatable bonds is 6. The number of benzene rings is 3. The summed E-state index contributed by atoms with van der Waals surface area (Å²) >= 11 is 0. The first-order valence-electron chi connectivity index (χ1n) is 11.3. The van der Waals surface area contributed by atoms with E-state index in [0.717, 1.165) is 22.4 Å². The molecule has 1 aliphatic rings. The zero-order valence-electron chi connectivity index (χ0n) is 19.4. The van der Waals surface area contributed by atoms with Crippen LogP contribution >= 0.6 is 0 Å². The van der Waals surface area contributed by atoms with Crippen LogP contribution in [-0.2, 0) is 24.3 Å². The van der Waals surface area contributed by atoms with Crippen LogP contribution < -0.4 is 20.9 Å². The third-order valence-corrected chi connectivity index (χ3v) is 5.90. The fourth-order valence-corrected chi connectivity index (χ4v) is 3.90. The Balaban J connectivity index is 1.30. The Morgan fingerprint density at radius 3 is 2.44 bits per heavy atom. The first-order valence-corrected chi connectivity index (χ1v) is 11.3. The van der Waals surface area contributed by atoms with Crippen LogP contribution in [0.2, 0.25) is 0 Å². The van der Waals surface area contributed by atoms with Crippen molar-refractivity contribution >= 4 is 29.2 Å². The minimum atomic E-state index is -0.339. The van der Waals surface area contributed by atoms with Gasteiger partial charge in [0.2, 0.25) is 5.91 Å². The molecule has 174 valence electrons. The van der Waals surface area contributed by atoms with E-state index in [1.54, 1.807) is 36.2 Å². The highest BCUT2D eigenvalue weighted by Gasteiger charge is 2.21. The summed E-state index contributed by atoms with van der Waals surface area (Å²) in [5, 5.41) is 8.59. The van der Waals surface area contributed by atoms with Crippen LogP contribution in [0.1, 0.15) is 39.0 Å². The van der Waals surface area contributed by atoms with E-state index in [2.05, 4.69) is 16.0 Å². The van der Waals surface area contributed by atoms with Crippen LogP contribution in [-0.4, -0.2) is 24.9 Å². The van der Waals surface area contributed by atoms with Gasteiger partial charge in [0, 0.05) is 43.5 Å². The summed E-state index contributed by atoms with van der Waals surface area (Å²) in [5.74, 6) is -0.0681. The second-order valence-corrected chi connectivity index (χ2v) is 8.47. The van der Waals surface area contributed by atoms with Crippen LogP contribution in [0.3, 0.4) is 0 Å². The van der Waals surface area contributed by atoms with E-state index in [1.807, 2.05) is 49.4 Å². The first kappa shape index (κ1) is 23.0. The Morgan fingerprint density at radius 2 is 1.65 bits per heavy atom. The average Bonchev–Trinajstić information content (AvgIpc) is 2.85. The summed E-state index contributed by atoms with van der Waals surface area (Å²) in [6, 6.07) is 20.4. The Kier molecular flexibility index (Phi) is 6.92. The van der Waals surface area contributed by atoms with Gasteiger partial charge >= 0.3 is 6.03 Å². The van der Waals surface area contributed by atoms with Crippen molar-refractivity contribution in [3.63, 3.8) is 0 Å². The Morgan fingerprint density at radius 1 is 0.882 bits per heavy atom. The summed E-state index contributed by atoms with van der Waals surface area (Å²) in [7, 11) is 1.76. The molecule has 0 unspecified atom stereocenters. The number of amides is 4. The molecule has 0 bridgehead atoms. The topological polar surface area (TPSA) is 90.5 Å². The number of aryl methyl sites for hydroxylation is 2. The monoisotopic (exact) mass is 456 g/mol. The molecule has 0 atom stereocenters. The SMILES string of the molecule is Cc1ccc(CNC(=O)c2cccc(CNC(=O)Nc3ccc4c(c3)CCC(=O)N4C)c2)cc1. The van der Waals surface area contributed by atoms with Crippen molar-refractivity contribution in [1.82, 2.24) is 10.6 Å². The van der Waals surface area contributed by atoms with Gasteiger partial charge in [-0.15, -0.1) is 0 Å². The van der Waals surface area contributed by atoms with Crippen molar-refractivity contribution in [2.75, 3.05) is 17.3 Å². The van der Waals surface area contributed by atoms with Crippen molar-refractivity contribution in [3.8, 4) is 0 Å². The summed E-state index contributed by atoms with van der Waals surface area (Å²) in [6.45, 7) is 2.76. The molecule has 3 aromatic rings. The van der Waals surface area contributed by atoms with E-state index >= 15 is 0 Å². The molecule has 0 fully saturated rings. The van der Waals surface area contributed by atoms with E-state index in [1.165, 1.54) is 5.56 Å². The highest BCUT2D eigenvalue weighted by Crippen LogP contribution is 2.29. The summed E-state index contributed by atoms with van der Waals surface area (Å²) in [5.41, 5.74) is 6.15. The number of carbonyl (C=O) groups is 3. The Labute approximate surface area is 199 Å². The Hall–Kier alpha value is -4.13. The average molecular weight is 457 g/mol. The van der Waals surface area contributed by atoms with E-state index in [4.69, 9.17) is 0 Å². The third kappa shape index (κ3) is 5.61. The number of carbonyl (C=O) groups excluding carboxylic acids is 3. The fourth-order valence-electron chi connectivity index (χ4n) is 3.90. The molecule has 0 aromatic heterocycles. The molecule has 1 heterocycles. The van der Waals surface area contributed by atoms with E-state index in [9.17, 15) is 14.4 Å². The number of urea groups is 1. The molecule has 0 spiro atoms. The highest BCUT2D eigenvalue weighted by molar-refractivity contribution is 5.97. The fraction of sp³-hybridized carbons (Fsp3) is 0.222. The quantitative estimate of drug-likeness (QED) is 0.520. The van der Waals surface area contributed by atoms with Crippen LogP contribution in [0.5, 0.6) is 0 Å². The van der Waals surface area contributed by atoms with Gasteiger partial charge in [-0.2, -0.15) is 0 Å². The van der Waals surface area contributed by atoms with Gasteiger partial charge in [0.25, 0.3) is 5.91 Å². The maximum Gasteiger partial charge on any atom is 0.319 e. The van der Waals surface area contributed by atoms with Gasteiger partial charge in [-0.25, -0.2) is 4.79 Å². The first-order chi connectivity index (χ1) is 16.4. The molecule has 7 heteroatoms. The second kappa shape index (κ2) is 10.2. The zero-order valence-corrected chi connectivity index (χ0v) is 19.4. The Bertz CT molecular complexity index is 1220. The lowest BCUT2D eigenvalue weighted by molar-refractivity contribution is -0.118. The van der Waals surface area contributed by atoms with Crippen molar-refractivity contribution in [1.29, 1.82) is 0 Å². The molecule has 7 nitrogen and oxygen atoms in total. The van der Waals surface area contributed by atoms with Crippen LogP contribution in [0.4, 0.5) is 16.2 Å². The van der Waals surface area contributed by atoms with Gasteiger partial charge in [0.1, 0.15) is 0 Å². The predicted molar refractivity (Wildman–Crippen MR) is 133 cm³/mol. The number of nitrogens with one attached hydrogen (secondary N) is 3. The van der Waals surface area contributed by atoms with Gasteiger partial charge in [0.05, 0.1) is 0 Å². The molecule has 4 rings (SSSR count). The van der Waals surface area contributed by atoms with Gasteiger partial charge in [-0.3, -0.25) is 9.59 Å². The second-order valence-electron chi connectivity index (χ2n) is 8.47. The highest BCUT2D eigenvalue weighted by atomic mass is 16.2. The van der Waals surface area contributed by atoms with E-state index < -0.39 is 0 Å². The lowest BCUT2D eigenvalue weighted by atomic mass is 10.0. The van der Waals surface area contributed by atoms with Gasteiger partial charge in [-0.05, 0) is 60.4 Å². The summed E-state index contributed by atoms with van der Waals surface area (Å²) in [4.78, 5) is 38.4. The maximum atomic E-state index is 12.5. The number of nitrogens with zero attached hydrogens (tertiary/aromatic N) is 1. The van der Waals surface area contributed by atoms with E-state index in [0.29, 0.717) is 30.6 Å². The molecular formula is C27H28N4O3. The largest absolute Gasteiger partial charge is 0.348 e. The molecule has 3 N–H and O–H groups in total.